The zero-order valence-corrected chi connectivity index (χ0v) is 9.97. The summed E-state index contributed by atoms with van der Waals surface area (Å²) in [5, 5.41) is 3.28. The molecule has 14 heavy (non-hydrogen) atoms. The van der Waals surface area contributed by atoms with Crippen molar-refractivity contribution in [2.24, 2.45) is 5.73 Å². The molecule has 3 N–H and O–H groups in total. The van der Waals surface area contributed by atoms with E-state index in [4.69, 9.17) is 5.73 Å². The number of pyridine rings is 1. The third kappa shape index (κ3) is 3.27. The molecular weight excluding hydrogens is 242 g/mol. The molecule has 3 nitrogen and oxygen atoms in total. The van der Waals surface area contributed by atoms with E-state index in [1.165, 1.54) is 5.56 Å². The third-order valence-electron chi connectivity index (χ3n) is 2.01. The fourth-order valence-electron chi connectivity index (χ4n) is 1.14. The lowest BCUT2D eigenvalue weighted by atomic mass is 10.3. The maximum atomic E-state index is 5.41. The molecule has 1 aromatic heterocycles. The molecule has 0 saturated heterocycles. The van der Waals surface area contributed by atoms with Gasteiger partial charge in [0.25, 0.3) is 0 Å². The van der Waals surface area contributed by atoms with Gasteiger partial charge in [0.1, 0.15) is 5.82 Å². The van der Waals surface area contributed by atoms with Gasteiger partial charge in [-0.25, -0.2) is 4.98 Å². The van der Waals surface area contributed by atoms with E-state index in [1.807, 2.05) is 12.3 Å². The third-order valence-corrected chi connectivity index (χ3v) is 3.01. The molecule has 0 fully saturated rings. The van der Waals surface area contributed by atoms with Crippen LogP contribution >= 0.6 is 15.9 Å². The van der Waals surface area contributed by atoms with Gasteiger partial charge in [-0.1, -0.05) is 0 Å². The van der Waals surface area contributed by atoms with Crippen LogP contribution in [-0.2, 0) is 0 Å². The lowest BCUT2D eigenvalue weighted by molar-refractivity contribution is 0.772. The second kappa shape index (κ2) is 5.98. The molecule has 0 amide bonds. The fourth-order valence-corrected chi connectivity index (χ4v) is 1.51. The number of halogens is 1. The van der Waals surface area contributed by atoms with Crippen LogP contribution in [0.25, 0.3) is 0 Å². The molecule has 0 saturated carbocycles. The van der Waals surface area contributed by atoms with Crippen molar-refractivity contribution in [2.75, 3.05) is 18.4 Å². The van der Waals surface area contributed by atoms with Crippen LogP contribution in [0.3, 0.4) is 0 Å². The normalized spacial score (nSPS) is 10.2. The van der Waals surface area contributed by atoms with Crippen molar-refractivity contribution in [2.45, 2.75) is 19.8 Å². The second-order valence-corrected chi connectivity index (χ2v) is 4.01. The summed E-state index contributed by atoms with van der Waals surface area (Å²) in [6, 6.07) is 1.98. The van der Waals surface area contributed by atoms with Crippen LogP contribution in [0.4, 0.5) is 5.82 Å². The number of nitrogens with zero attached hydrogens (tertiary/aromatic N) is 1. The Balaban J connectivity index is 2.46. The average molecular weight is 258 g/mol. The molecule has 1 heterocycles. The van der Waals surface area contributed by atoms with Crippen LogP contribution < -0.4 is 11.1 Å². The van der Waals surface area contributed by atoms with Crippen molar-refractivity contribution >= 4 is 21.7 Å². The number of hydrogen-bond donors (Lipinski definition) is 2. The fraction of sp³-hybridized carbons (Fsp3) is 0.500. The topological polar surface area (TPSA) is 50.9 Å². The molecule has 78 valence electrons. The first-order valence-electron chi connectivity index (χ1n) is 4.80. The van der Waals surface area contributed by atoms with E-state index < -0.39 is 0 Å². The highest BCUT2D eigenvalue weighted by Gasteiger charge is 2.01. The summed E-state index contributed by atoms with van der Waals surface area (Å²) in [6.45, 7) is 3.73. The van der Waals surface area contributed by atoms with Crippen molar-refractivity contribution in [1.82, 2.24) is 4.98 Å². The quantitative estimate of drug-likeness (QED) is 0.797. The van der Waals surface area contributed by atoms with E-state index in [0.717, 1.165) is 36.2 Å². The van der Waals surface area contributed by atoms with Crippen molar-refractivity contribution in [3.05, 3.63) is 22.3 Å². The van der Waals surface area contributed by atoms with Crippen LogP contribution in [-0.4, -0.2) is 18.1 Å². The summed E-state index contributed by atoms with van der Waals surface area (Å²) < 4.78 is 1.05. The Morgan fingerprint density at radius 1 is 1.50 bits per heavy atom. The monoisotopic (exact) mass is 257 g/mol. The molecule has 0 aliphatic carbocycles. The highest BCUT2D eigenvalue weighted by atomic mass is 79.9. The number of nitrogens with two attached hydrogens (primary N) is 1. The number of rotatable bonds is 5. The molecular formula is C10H16BrN3. The standard InChI is InChI=1S/C10H16BrN3/c1-8-4-7-14-10(9(8)11)13-6-3-2-5-12/h4,7H,2-3,5-6,12H2,1H3,(H,13,14). The number of anilines is 1. The van der Waals surface area contributed by atoms with E-state index in [2.05, 4.69) is 33.2 Å². The van der Waals surface area contributed by atoms with Gasteiger partial charge in [-0.15, -0.1) is 0 Å². The van der Waals surface area contributed by atoms with Gasteiger partial charge in [-0.2, -0.15) is 0 Å². The maximum Gasteiger partial charge on any atom is 0.140 e. The minimum Gasteiger partial charge on any atom is -0.369 e. The molecule has 0 spiro atoms. The first-order valence-corrected chi connectivity index (χ1v) is 5.60. The van der Waals surface area contributed by atoms with Gasteiger partial charge in [-0.05, 0) is 53.9 Å². The van der Waals surface area contributed by atoms with Crippen LogP contribution in [0.2, 0.25) is 0 Å². The Bertz CT molecular complexity index is 289. The number of hydrogen-bond acceptors (Lipinski definition) is 3. The van der Waals surface area contributed by atoms with Gasteiger partial charge >= 0.3 is 0 Å². The number of aryl methyl sites for hydroxylation is 1. The number of unbranched alkanes of at least 4 members (excludes halogenated alkanes) is 1. The molecule has 4 heteroatoms. The van der Waals surface area contributed by atoms with Crippen LogP contribution in [0.1, 0.15) is 18.4 Å². The van der Waals surface area contributed by atoms with Crippen LogP contribution in [0.15, 0.2) is 16.7 Å². The summed E-state index contributed by atoms with van der Waals surface area (Å²) >= 11 is 3.50. The van der Waals surface area contributed by atoms with Crippen molar-refractivity contribution in [3.8, 4) is 0 Å². The Hall–Kier alpha value is -0.610. The maximum absolute atomic E-state index is 5.41. The predicted octanol–water partition coefficient (Wildman–Crippen LogP) is 2.30. The summed E-state index contributed by atoms with van der Waals surface area (Å²) in [5.41, 5.74) is 6.60. The highest BCUT2D eigenvalue weighted by molar-refractivity contribution is 9.10. The molecule has 0 atom stereocenters. The predicted molar refractivity (Wildman–Crippen MR) is 63.5 cm³/mol. The highest BCUT2D eigenvalue weighted by Crippen LogP contribution is 2.22. The molecule has 1 rings (SSSR count). The van der Waals surface area contributed by atoms with Crippen LogP contribution in [0, 0.1) is 6.92 Å². The smallest absolute Gasteiger partial charge is 0.140 e. The Morgan fingerprint density at radius 3 is 3.00 bits per heavy atom. The SMILES string of the molecule is Cc1ccnc(NCCCCN)c1Br. The first-order chi connectivity index (χ1) is 6.75. The van der Waals surface area contributed by atoms with E-state index >= 15 is 0 Å². The first kappa shape index (κ1) is 11.5. The van der Waals surface area contributed by atoms with E-state index in [1.54, 1.807) is 0 Å². The second-order valence-electron chi connectivity index (χ2n) is 3.21. The summed E-state index contributed by atoms with van der Waals surface area (Å²) in [6.07, 6.45) is 3.94. The molecule has 0 aliphatic heterocycles. The molecule has 0 aliphatic rings. The summed E-state index contributed by atoms with van der Waals surface area (Å²) in [5.74, 6) is 0.919. The molecule has 0 unspecified atom stereocenters. The Kier molecular flexibility index (Phi) is 4.90. The van der Waals surface area contributed by atoms with Gasteiger partial charge in [0.05, 0.1) is 4.47 Å². The van der Waals surface area contributed by atoms with Crippen molar-refractivity contribution < 1.29 is 0 Å². The van der Waals surface area contributed by atoms with Gasteiger partial charge in [0.15, 0.2) is 0 Å². The number of nitrogens with one attached hydrogen (secondary N) is 1. The molecule has 0 bridgehead atoms. The largest absolute Gasteiger partial charge is 0.369 e. The lowest BCUT2D eigenvalue weighted by Crippen LogP contribution is -2.07. The summed E-state index contributed by atoms with van der Waals surface area (Å²) in [4.78, 5) is 4.25. The van der Waals surface area contributed by atoms with Gasteiger partial charge in [0.2, 0.25) is 0 Å². The average Bonchev–Trinajstić information content (AvgIpc) is 2.19. The zero-order chi connectivity index (χ0) is 10.4. The molecule has 0 radical (unpaired) electrons. The van der Waals surface area contributed by atoms with Crippen LogP contribution in [0.5, 0.6) is 0 Å². The van der Waals surface area contributed by atoms with Gasteiger partial charge in [-0.3, -0.25) is 0 Å². The Labute approximate surface area is 93.2 Å². The number of aromatic nitrogens is 1. The van der Waals surface area contributed by atoms with Crippen molar-refractivity contribution in [1.29, 1.82) is 0 Å². The molecule has 1 aromatic rings. The summed E-state index contributed by atoms with van der Waals surface area (Å²) in [7, 11) is 0. The van der Waals surface area contributed by atoms with Crippen molar-refractivity contribution in [3.63, 3.8) is 0 Å². The Morgan fingerprint density at radius 2 is 2.29 bits per heavy atom. The minimum absolute atomic E-state index is 0.754. The lowest BCUT2D eigenvalue weighted by Gasteiger charge is -2.08. The van der Waals surface area contributed by atoms with Gasteiger partial charge in [0, 0.05) is 12.7 Å². The van der Waals surface area contributed by atoms with E-state index in [9.17, 15) is 0 Å². The van der Waals surface area contributed by atoms with E-state index in [0.29, 0.717) is 0 Å². The molecule has 0 aromatic carbocycles. The van der Waals surface area contributed by atoms with Gasteiger partial charge < -0.3 is 11.1 Å². The van der Waals surface area contributed by atoms with E-state index in [-0.39, 0.29) is 0 Å². The minimum atomic E-state index is 0.754. The zero-order valence-electron chi connectivity index (χ0n) is 8.39.